The van der Waals surface area contributed by atoms with Crippen LogP contribution in [0.15, 0.2) is 23.3 Å². The first kappa shape index (κ1) is 11.2. The number of aryl methyl sites for hydroxylation is 2. The van der Waals surface area contributed by atoms with E-state index in [1.807, 2.05) is 13.8 Å². The summed E-state index contributed by atoms with van der Waals surface area (Å²) in [6, 6.07) is 6.20. The summed E-state index contributed by atoms with van der Waals surface area (Å²) in [6.07, 6.45) is 0.609. The molecule has 0 aromatic heterocycles. The Balaban J connectivity index is 2.70. The molecule has 0 aliphatic rings. The van der Waals surface area contributed by atoms with Gasteiger partial charge >= 0.3 is 0 Å². The van der Waals surface area contributed by atoms with E-state index in [1.54, 1.807) is 0 Å². The second kappa shape index (κ2) is 5.74. The van der Waals surface area contributed by atoms with Crippen LogP contribution in [0.25, 0.3) is 10.4 Å². The first-order chi connectivity index (χ1) is 7.24. The Kier molecular flexibility index (Phi) is 4.28. The van der Waals surface area contributed by atoms with E-state index in [0.29, 0.717) is 13.0 Å². The fraction of sp³-hybridized carbons (Fsp3) is 0.333. The van der Waals surface area contributed by atoms with Crippen molar-refractivity contribution in [1.82, 2.24) is 0 Å². The van der Waals surface area contributed by atoms with Crippen LogP contribution in [0, 0.1) is 25.7 Å². The molecular formula is C12H13N3. The summed E-state index contributed by atoms with van der Waals surface area (Å²) in [5.41, 5.74) is 11.5. The Bertz CT molecular complexity index is 446. The Labute approximate surface area is 89.8 Å². The summed E-state index contributed by atoms with van der Waals surface area (Å²) in [7, 11) is 0. The fourth-order valence-electron chi connectivity index (χ4n) is 1.18. The van der Waals surface area contributed by atoms with E-state index in [1.165, 1.54) is 11.1 Å². The number of nitrogens with zero attached hydrogens (tertiary/aromatic N) is 3. The zero-order valence-electron chi connectivity index (χ0n) is 8.99. The van der Waals surface area contributed by atoms with Crippen LogP contribution in [0.2, 0.25) is 0 Å². The average Bonchev–Trinajstić information content (AvgIpc) is 2.23. The quantitative estimate of drug-likeness (QED) is 0.230. The van der Waals surface area contributed by atoms with Crippen LogP contribution in [0.4, 0.5) is 0 Å². The van der Waals surface area contributed by atoms with E-state index in [9.17, 15) is 0 Å². The molecule has 0 amide bonds. The summed E-state index contributed by atoms with van der Waals surface area (Å²) >= 11 is 0. The molecule has 0 fully saturated rings. The third-order valence-electron chi connectivity index (χ3n) is 2.02. The summed E-state index contributed by atoms with van der Waals surface area (Å²) in [5, 5.41) is 3.42. The van der Waals surface area contributed by atoms with Gasteiger partial charge in [-0.15, -0.1) is 0 Å². The zero-order chi connectivity index (χ0) is 11.1. The molecule has 0 N–H and O–H groups in total. The molecule has 15 heavy (non-hydrogen) atoms. The van der Waals surface area contributed by atoms with Gasteiger partial charge in [0, 0.05) is 23.4 Å². The van der Waals surface area contributed by atoms with Crippen molar-refractivity contribution in [2.24, 2.45) is 5.11 Å². The number of rotatable bonds is 2. The van der Waals surface area contributed by atoms with Crippen LogP contribution < -0.4 is 0 Å². The van der Waals surface area contributed by atoms with Crippen molar-refractivity contribution in [3.05, 3.63) is 45.3 Å². The molecule has 0 aliphatic carbocycles. The van der Waals surface area contributed by atoms with Gasteiger partial charge in [-0.3, -0.25) is 0 Å². The summed E-state index contributed by atoms with van der Waals surface area (Å²) in [6.45, 7) is 4.52. The van der Waals surface area contributed by atoms with Gasteiger partial charge in [0.05, 0.1) is 0 Å². The van der Waals surface area contributed by atoms with Gasteiger partial charge in [-0.2, -0.15) is 0 Å². The van der Waals surface area contributed by atoms with Crippen molar-refractivity contribution in [3.8, 4) is 11.8 Å². The largest absolute Gasteiger partial charge is 0.0978 e. The van der Waals surface area contributed by atoms with Crippen LogP contribution in [-0.2, 0) is 0 Å². The SMILES string of the molecule is Cc1ccc(C)c(C#CCCN=[N+]=[N-])c1. The number of hydrogen-bond donors (Lipinski definition) is 0. The van der Waals surface area contributed by atoms with Crippen molar-refractivity contribution in [3.63, 3.8) is 0 Å². The topological polar surface area (TPSA) is 48.8 Å². The molecule has 0 saturated carbocycles. The molecule has 0 heterocycles. The fourth-order valence-corrected chi connectivity index (χ4v) is 1.18. The second-order valence-corrected chi connectivity index (χ2v) is 3.32. The summed E-state index contributed by atoms with van der Waals surface area (Å²) in [4.78, 5) is 2.67. The van der Waals surface area contributed by atoms with E-state index in [0.717, 1.165) is 5.56 Å². The van der Waals surface area contributed by atoms with E-state index >= 15 is 0 Å². The minimum Gasteiger partial charge on any atom is -0.0978 e. The van der Waals surface area contributed by atoms with Gasteiger partial charge in [0.1, 0.15) is 0 Å². The van der Waals surface area contributed by atoms with Crippen LogP contribution >= 0.6 is 0 Å². The zero-order valence-corrected chi connectivity index (χ0v) is 8.99. The van der Waals surface area contributed by atoms with E-state index < -0.39 is 0 Å². The van der Waals surface area contributed by atoms with Gasteiger partial charge in [-0.05, 0) is 36.6 Å². The molecule has 0 radical (unpaired) electrons. The smallest absolute Gasteiger partial charge is 0.0367 e. The highest BCUT2D eigenvalue weighted by molar-refractivity contribution is 5.42. The van der Waals surface area contributed by atoms with Crippen molar-refractivity contribution < 1.29 is 0 Å². The van der Waals surface area contributed by atoms with E-state index in [-0.39, 0.29) is 0 Å². The monoisotopic (exact) mass is 199 g/mol. The summed E-state index contributed by atoms with van der Waals surface area (Å²) in [5.74, 6) is 6.07. The number of azide groups is 1. The highest BCUT2D eigenvalue weighted by Crippen LogP contribution is 2.08. The molecule has 3 nitrogen and oxygen atoms in total. The normalized spacial score (nSPS) is 8.67. The molecule has 3 heteroatoms. The molecule has 1 rings (SSSR count). The predicted molar refractivity (Wildman–Crippen MR) is 61.4 cm³/mol. The van der Waals surface area contributed by atoms with Gasteiger partial charge in [0.25, 0.3) is 0 Å². The Morgan fingerprint density at radius 1 is 1.40 bits per heavy atom. The van der Waals surface area contributed by atoms with Crippen molar-refractivity contribution >= 4 is 0 Å². The molecule has 0 atom stereocenters. The van der Waals surface area contributed by atoms with Gasteiger partial charge in [0.2, 0.25) is 0 Å². The Hall–Kier alpha value is -1.91. The van der Waals surface area contributed by atoms with Gasteiger partial charge in [0.15, 0.2) is 0 Å². The molecule has 0 spiro atoms. The average molecular weight is 199 g/mol. The van der Waals surface area contributed by atoms with Crippen LogP contribution in [0.3, 0.4) is 0 Å². The summed E-state index contributed by atoms with van der Waals surface area (Å²) < 4.78 is 0. The van der Waals surface area contributed by atoms with Crippen LogP contribution in [0.5, 0.6) is 0 Å². The van der Waals surface area contributed by atoms with E-state index in [2.05, 4.69) is 40.1 Å². The minimum absolute atomic E-state index is 0.439. The molecule has 0 unspecified atom stereocenters. The lowest BCUT2D eigenvalue weighted by atomic mass is 10.1. The molecule has 76 valence electrons. The maximum absolute atomic E-state index is 8.07. The molecule has 1 aromatic rings. The highest BCUT2D eigenvalue weighted by atomic mass is 15.1. The third-order valence-corrected chi connectivity index (χ3v) is 2.02. The van der Waals surface area contributed by atoms with Crippen molar-refractivity contribution in [2.75, 3.05) is 6.54 Å². The van der Waals surface area contributed by atoms with Crippen LogP contribution in [0.1, 0.15) is 23.1 Å². The maximum Gasteiger partial charge on any atom is 0.0367 e. The van der Waals surface area contributed by atoms with Gasteiger partial charge < -0.3 is 0 Å². The Morgan fingerprint density at radius 3 is 2.93 bits per heavy atom. The predicted octanol–water partition coefficient (Wildman–Crippen LogP) is 3.36. The molecule has 0 aliphatic heterocycles. The maximum atomic E-state index is 8.07. The number of hydrogen-bond acceptors (Lipinski definition) is 1. The lowest BCUT2D eigenvalue weighted by Crippen LogP contribution is -1.83. The minimum atomic E-state index is 0.439. The third kappa shape index (κ3) is 3.76. The van der Waals surface area contributed by atoms with Crippen molar-refractivity contribution in [1.29, 1.82) is 0 Å². The molecule has 0 bridgehead atoms. The number of benzene rings is 1. The first-order valence-corrected chi connectivity index (χ1v) is 4.81. The van der Waals surface area contributed by atoms with Gasteiger partial charge in [-0.1, -0.05) is 29.1 Å². The van der Waals surface area contributed by atoms with E-state index in [4.69, 9.17) is 5.53 Å². The lowest BCUT2D eigenvalue weighted by molar-refractivity contribution is 1.01. The Morgan fingerprint density at radius 2 is 2.20 bits per heavy atom. The van der Waals surface area contributed by atoms with Crippen molar-refractivity contribution in [2.45, 2.75) is 20.3 Å². The molecule has 1 aromatic carbocycles. The standard InChI is InChI=1S/C12H13N3/c1-10-6-7-11(2)12(9-10)5-3-4-8-14-15-13/h6-7,9H,4,8H2,1-2H3. The van der Waals surface area contributed by atoms with Gasteiger partial charge in [-0.25, -0.2) is 0 Å². The molecular weight excluding hydrogens is 186 g/mol. The first-order valence-electron chi connectivity index (χ1n) is 4.81. The second-order valence-electron chi connectivity index (χ2n) is 3.32. The van der Waals surface area contributed by atoms with Crippen LogP contribution in [-0.4, -0.2) is 6.54 Å². The lowest BCUT2D eigenvalue weighted by Gasteiger charge is -1.98. The highest BCUT2D eigenvalue weighted by Gasteiger charge is 1.93. The molecule has 0 saturated heterocycles.